The molecular formula is C17H28N4O8. The zero-order valence-corrected chi connectivity index (χ0v) is 16.7. The van der Waals surface area contributed by atoms with Gasteiger partial charge in [0, 0.05) is 12.0 Å². The van der Waals surface area contributed by atoms with Crippen molar-refractivity contribution >= 4 is 24.0 Å². The maximum atomic E-state index is 12.5. The Morgan fingerprint density at radius 3 is 2.28 bits per heavy atom. The molecule has 1 rings (SSSR count). The van der Waals surface area contributed by atoms with Gasteiger partial charge in [-0.2, -0.15) is 0 Å². The standard InChI is InChI=1S/C17H28N4O8/c1-8(2)28-16(26)20-21(17(27)29-9(3)4)11-5-10(6-12(22)14(11)24)15(25)19-7-13(18)23/h5,8-9,11-12,14,22,24H,6-7H2,1-4H3,(H2,18,23)(H,19,25)(H,20,26)/t11-,12-,14+/m1/s1. The molecule has 3 atom stereocenters. The molecule has 0 radical (unpaired) electrons. The first-order valence-electron chi connectivity index (χ1n) is 9.02. The maximum absolute atomic E-state index is 12.5. The first-order valence-corrected chi connectivity index (χ1v) is 9.02. The molecular weight excluding hydrogens is 388 g/mol. The fourth-order valence-electron chi connectivity index (χ4n) is 2.46. The molecule has 0 aromatic heterocycles. The Balaban J connectivity index is 3.17. The Morgan fingerprint density at radius 2 is 1.76 bits per heavy atom. The molecule has 0 heterocycles. The molecule has 0 saturated carbocycles. The second-order valence-corrected chi connectivity index (χ2v) is 6.96. The van der Waals surface area contributed by atoms with Crippen molar-refractivity contribution in [1.29, 1.82) is 0 Å². The molecule has 0 bridgehead atoms. The lowest BCUT2D eigenvalue weighted by Gasteiger charge is -2.37. The van der Waals surface area contributed by atoms with Gasteiger partial charge >= 0.3 is 12.2 Å². The second-order valence-electron chi connectivity index (χ2n) is 6.96. The quantitative estimate of drug-likeness (QED) is 0.338. The molecule has 1 aliphatic rings. The zero-order chi connectivity index (χ0) is 22.3. The Morgan fingerprint density at radius 1 is 1.17 bits per heavy atom. The minimum atomic E-state index is -1.54. The van der Waals surface area contributed by atoms with Crippen molar-refractivity contribution in [2.45, 2.75) is 64.6 Å². The van der Waals surface area contributed by atoms with Gasteiger partial charge in [-0.3, -0.25) is 9.59 Å². The molecule has 6 N–H and O–H groups in total. The van der Waals surface area contributed by atoms with Gasteiger partial charge in [-0.15, -0.1) is 0 Å². The number of carbonyl (C=O) groups excluding carboxylic acids is 4. The summed E-state index contributed by atoms with van der Waals surface area (Å²) in [5, 5.41) is 23.4. The van der Waals surface area contributed by atoms with E-state index < -0.39 is 61.0 Å². The van der Waals surface area contributed by atoms with Crippen LogP contribution in [-0.4, -0.2) is 76.2 Å². The van der Waals surface area contributed by atoms with Gasteiger partial charge in [0.05, 0.1) is 24.9 Å². The molecule has 4 amide bonds. The molecule has 12 heteroatoms. The van der Waals surface area contributed by atoms with Crippen LogP contribution in [-0.2, 0) is 19.1 Å². The van der Waals surface area contributed by atoms with Crippen LogP contribution >= 0.6 is 0 Å². The van der Waals surface area contributed by atoms with Gasteiger partial charge in [0.2, 0.25) is 11.8 Å². The number of primary amides is 1. The van der Waals surface area contributed by atoms with Crippen molar-refractivity contribution in [3.05, 3.63) is 11.6 Å². The summed E-state index contributed by atoms with van der Waals surface area (Å²) in [6.07, 6.45) is -5.12. The van der Waals surface area contributed by atoms with Crippen LogP contribution in [0.25, 0.3) is 0 Å². The number of hydrogen-bond acceptors (Lipinski definition) is 8. The minimum absolute atomic E-state index is 0.0181. The largest absolute Gasteiger partial charge is 0.446 e. The number of hydrogen-bond donors (Lipinski definition) is 5. The number of carbonyl (C=O) groups is 4. The van der Waals surface area contributed by atoms with E-state index in [4.69, 9.17) is 15.2 Å². The zero-order valence-electron chi connectivity index (χ0n) is 16.7. The van der Waals surface area contributed by atoms with Crippen LogP contribution in [0.4, 0.5) is 9.59 Å². The molecule has 0 aromatic rings. The summed E-state index contributed by atoms with van der Waals surface area (Å²) in [5.41, 5.74) is 7.12. The number of amides is 4. The molecule has 0 saturated heterocycles. The Hall–Kier alpha value is -2.86. The molecule has 0 aliphatic heterocycles. The van der Waals surface area contributed by atoms with Crippen LogP contribution < -0.4 is 16.5 Å². The fourth-order valence-corrected chi connectivity index (χ4v) is 2.46. The number of aliphatic hydroxyl groups is 2. The summed E-state index contributed by atoms with van der Waals surface area (Å²) in [4.78, 5) is 47.5. The molecule has 0 aromatic carbocycles. The fraction of sp³-hybridized carbons (Fsp3) is 0.647. The Bertz CT molecular complexity index is 664. The number of ether oxygens (including phenoxy) is 2. The predicted molar refractivity (Wildman–Crippen MR) is 98.9 cm³/mol. The third-order valence-electron chi connectivity index (χ3n) is 3.65. The summed E-state index contributed by atoms with van der Waals surface area (Å²) >= 11 is 0. The molecule has 1 aliphatic carbocycles. The number of nitrogens with one attached hydrogen (secondary N) is 2. The van der Waals surface area contributed by atoms with Crippen molar-refractivity contribution in [2.24, 2.45) is 5.73 Å². The van der Waals surface area contributed by atoms with E-state index in [-0.39, 0.29) is 12.0 Å². The lowest BCUT2D eigenvalue weighted by molar-refractivity contribution is -0.123. The lowest BCUT2D eigenvalue weighted by Crippen LogP contribution is -2.59. The molecule has 0 spiro atoms. The summed E-state index contributed by atoms with van der Waals surface area (Å²) in [6.45, 7) is 5.91. The van der Waals surface area contributed by atoms with Gasteiger partial charge in [-0.1, -0.05) is 0 Å². The van der Waals surface area contributed by atoms with E-state index in [1.165, 1.54) is 6.08 Å². The van der Waals surface area contributed by atoms with E-state index >= 15 is 0 Å². The van der Waals surface area contributed by atoms with E-state index in [0.717, 1.165) is 0 Å². The number of nitrogens with two attached hydrogens (primary N) is 1. The van der Waals surface area contributed by atoms with Gasteiger partial charge in [0.1, 0.15) is 12.1 Å². The third-order valence-corrected chi connectivity index (χ3v) is 3.65. The van der Waals surface area contributed by atoms with Crippen molar-refractivity contribution < 1.29 is 38.9 Å². The van der Waals surface area contributed by atoms with E-state index in [2.05, 4.69) is 10.7 Å². The van der Waals surface area contributed by atoms with E-state index in [1.807, 2.05) is 0 Å². The first kappa shape index (κ1) is 24.2. The van der Waals surface area contributed by atoms with Gasteiger partial charge in [-0.05, 0) is 33.8 Å². The number of rotatable bonds is 6. The summed E-state index contributed by atoms with van der Waals surface area (Å²) in [7, 11) is 0. The average Bonchev–Trinajstić information content (AvgIpc) is 2.58. The maximum Gasteiger partial charge on any atom is 0.429 e. The van der Waals surface area contributed by atoms with E-state index in [9.17, 15) is 29.4 Å². The minimum Gasteiger partial charge on any atom is -0.446 e. The van der Waals surface area contributed by atoms with Crippen LogP contribution in [0, 0.1) is 0 Å². The van der Waals surface area contributed by atoms with Crippen molar-refractivity contribution in [2.75, 3.05) is 6.54 Å². The van der Waals surface area contributed by atoms with Crippen molar-refractivity contribution in [1.82, 2.24) is 15.8 Å². The topological polar surface area (TPSA) is 181 Å². The average molecular weight is 416 g/mol. The van der Waals surface area contributed by atoms with Crippen LogP contribution in [0.2, 0.25) is 0 Å². The van der Waals surface area contributed by atoms with Crippen LogP contribution in [0.5, 0.6) is 0 Å². The van der Waals surface area contributed by atoms with Gasteiger partial charge in [-0.25, -0.2) is 20.0 Å². The molecule has 12 nitrogen and oxygen atoms in total. The summed E-state index contributed by atoms with van der Waals surface area (Å²) in [6, 6.07) is -1.35. The van der Waals surface area contributed by atoms with Gasteiger partial charge in [0.15, 0.2) is 0 Å². The van der Waals surface area contributed by atoms with Crippen molar-refractivity contribution in [3.8, 4) is 0 Å². The molecule has 0 unspecified atom stereocenters. The smallest absolute Gasteiger partial charge is 0.429 e. The molecule has 164 valence electrons. The number of hydrazine groups is 1. The van der Waals surface area contributed by atoms with Gasteiger partial charge < -0.3 is 30.7 Å². The highest BCUT2D eigenvalue weighted by Crippen LogP contribution is 2.23. The van der Waals surface area contributed by atoms with Crippen LogP contribution in [0.15, 0.2) is 11.6 Å². The highest BCUT2D eigenvalue weighted by atomic mass is 16.6. The van der Waals surface area contributed by atoms with Gasteiger partial charge in [0.25, 0.3) is 0 Å². The second kappa shape index (κ2) is 10.6. The van der Waals surface area contributed by atoms with E-state index in [0.29, 0.717) is 5.01 Å². The third kappa shape index (κ3) is 7.58. The monoisotopic (exact) mass is 416 g/mol. The number of aliphatic hydroxyl groups excluding tert-OH is 2. The molecule has 0 fully saturated rings. The molecule has 29 heavy (non-hydrogen) atoms. The highest BCUT2D eigenvalue weighted by Gasteiger charge is 2.40. The van der Waals surface area contributed by atoms with E-state index in [1.54, 1.807) is 27.7 Å². The normalized spacial score (nSPS) is 21.2. The van der Waals surface area contributed by atoms with Crippen LogP contribution in [0.3, 0.4) is 0 Å². The summed E-state index contributed by atoms with van der Waals surface area (Å²) in [5.74, 6) is -1.49. The Kier molecular flexibility index (Phi) is 8.85. The Labute approximate surface area is 168 Å². The lowest BCUT2D eigenvalue weighted by atomic mass is 9.89. The first-order chi connectivity index (χ1) is 13.4. The summed E-state index contributed by atoms with van der Waals surface area (Å²) < 4.78 is 10.00. The van der Waals surface area contributed by atoms with Crippen molar-refractivity contribution in [3.63, 3.8) is 0 Å². The predicted octanol–water partition coefficient (Wildman–Crippen LogP) is -1.09. The van der Waals surface area contributed by atoms with Crippen LogP contribution in [0.1, 0.15) is 34.1 Å². The SMILES string of the molecule is CC(C)OC(=O)NN(C(=O)OC(C)C)[C@@H]1C=C(C(=O)NCC(N)=O)C[C@@H](O)[C@H]1O. The highest BCUT2D eigenvalue weighted by molar-refractivity contribution is 5.96. The number of nitrogens with zero attached hydrogens (tertiary/aromatic N) is 1.